The molecular formula is C16H17BrN2S. The Morgan fingerprint density at radius 2 is 2.15 bits per heavy atom. The summed E-state index contributed by atoms with van der Waals surface area (Å²) in [5.41, 5.74) is 2.09. The van der Waals surface area contributed by atoms with E-state index in [1.807, 2.05) is 36.1 Å². The minimum absolute atomic E-state index is 0.468. The highest BCUT2D eigenvalue weighted by Gasteiger charge is 2.15. The number of nitrogens with zero attached hydrogens (tertiary/aromatic N) is 1. The van der Waals surface area contributed by atoms with Crippen LogP contribution >= 0.6 is 27.3 Å². The molecule has 0 atom stereocenters. The molecule has 0 unspecified atom stereocenters. The fraction of sp³-hybridized carbons (Fsp3) is 0.188. The van der Waals surface area contributed by atoms with E-state index in [-0.39, 0.29) is 0 Å². The molecule has 1 aromatic carbocycles. The minimum atomic E-state index is 0.468. The summed E-state index contributed by atoms with van der Waals surface area (Å²) in [7, 11) is 0. The maximum absolute atomic E-state index is 8.42. The fourth-order valence-corrected chi connectivity index (χ4v) is 3.38. The number of benzene rings is 1. The van der Waals surface area contributed by atoms with Gasteiger partial charge in [0, 0.05) is 21.2 Å². The highest BCUT2D eigenvalue weighted by atomic mass is 79.9. The van der Waals surface area contributed by atoms with Crippen molar-refractivity contribution in [2.24, 2.45) is 0 Å². The molecule has 1 aromatic heterocycles. The number of thiophene rings is 1. The van der Waals surface area contributed by atoms with Crippen LogP contribution in [0.15, 0.2) is 47.6 Å². The first kappa shape index (κ1) is 15.0. The molecule has 0 spiro atoms. The van der Waals surface area contributed by atoms with Crippen LogP contribution in [0.5, 0.6) is 0 Å². The Morgan fingerprint density at radius 3 is 2.70 bits per heavy atom. The van der Waals surface area contributed by atoms with Gasteiger partial charge in [0.1, 0.15) is 5.84 Å². The smallest absolute Gasteiger partial charge is 0.147 e. The van der Waals surface area contributed by atoms with Crippen LogP contribution in [-0.2, 0) is 6.42 Å². The monoisotopic (exact) mass is 348 g/mol. The molecule has 1 heterocycles. The zero-order valence-electron chi connectivity index (χ0n) is 11.6. The number of halogens is 1. The zero-order chi connectivity index (χ0) is 14.7. The summed E-state index contributed by atoms with van der Waals surface area (Å²) in [6, 6.07) is 10.1. The fourth-order valence-electron chi connectivity index (χ4n) is 2.01. The van der Waals surface area contributed by atoms with E-state index in [0.717, 1.165) is 27.0 Å². The van der Waals surface area contributed by atoms with E-state index < -0.39 is 0 Å². The van der Waals surface area contributed by atoms with Crippen molar-refractivity contribution in [3.05, 3.63) is 62.9 Å². The van der Waals surface area contributed by atoms with Gasteiger partial charge in [-0.2, -0.15) is 0 Å². The van der Waals surface area contributed by atoms with Crippen LogP contribution in [-0.4, -0.2) is 5.84 Å². The van der Waals surface area contributed by atoms with Crippen molar-refractivity contribution in [2.75, 3.05) is 4.90 Å². The van der Waals surface area contributed by atoms with Crippen LogP contribution < -0.4 is 4.90 Å². The van der Waals surface area contributed by atoms with Crippen LogP contribution in [0.3, 0.4) is 0 Å². The van der Waals surface area contributed by atoms with Gasteiger partial charge in [-0.25, -0.2) is 0 Å². The quantitative estimate of drug-likeness (QED) is 0.584. The minimum Gasteiger partial charge on any atom is -0.301 e. The van der Waals surface area contributed by atoms with E-state index in [4.69, 9.17) is 5.41 Å². The van der Waals surface area contributed by atoms with Crippen molar-refractivity contribution in [3.63, 3.8) is 0 Å². The van der Waals surface area contributed by atoms with E-state index in [0.29, 0.717) is 5.84 Å². The molecule has 2 aromatic rings. The van der Waals surface area contributed by atoms with Crippen molar-refractivity contribution in [2.45, 2.75) is 20.3 Å². The maximum Gasteiger partial charge on any atom is 0.147 e. The van der Waals surface area contributed by atoms with E-state index in [2.05, 4.69) is 35.5 Å². The average Bonchev–Trinajstić information content (AvgIpc) is 2.90. The lowest BCUT2D eigenvalue weighted by molar-refractivity contribution is 1.19. The number of aryl methyl sites for hydroxylation is 2. The van der Waals surface area contributed by atoms with Crippen molar-refractivity contribution < 1.29 is 0 Å². The van der Waals surface area contributed by atoms with Crippen LogP contribution in [0.4, 0.5) is 5.69 Å². The highest BCUT2D eigenvalue weighted by Crippen LogP contribution is 2.27. The summed E-state index contributed by atoms with van der Waals surface area (Å²) in [5, 5.41) is 8.42. The van der Waals surface area contributed by atoms with E-state index in [1.54, 1.807) is 17.5 Å². The van der Waals surface area contributed by atoms with Gasteiger partial charge in [-0.05, 0) is 49.2 Å². The molecule has 1 N–H and O–H groups in total. The second-order valence-corrected chi connectivity index (χ2v) is 6.54. The third kappa shape index (κ3) is 3.02. The van der Waals surface area contributed by atoms with Gasteiger partial charge in [0.15, 0.2) is 0 Å². The summed E-state index contributed by atoms with van der Waals surface area (Å²) in [6.45, 7) is 8.02. The lowest BCUT2D eigenvalue weighted by Crippen LogP contribution is -2.24. The van der Waals surface area contributed by atoms with Gasteiger partial charge in [-0.15, -0.1) is 11.3 Å². The average molecular weight is 349 g/mol. The molecule has 0 aliphatic carbocycles. The lowest BCUT2D eigenvalue weighted by atomic mass is 10.2. The Bertz CT molecular complexity index is 646. The second-order valence-electron chi connectivity index (χ2n) is 4.45. The van der Waals surface area contributed by atoms with Crippen LogP contribution in [0.2, 0.25) is 0 Å². The predicted molar refractivity (Wildman–Crippen MR) is 92.1 cm³/mol. The second kappa shape index (κ2) is 6.37. The first-order valence-electron chi connectivity index (χ1n) is 6.42. The molecule has 0 amide bonds. The van der Waals surface area contributed by atoms with Crippen molar-refractivity contribution in [1.82, 2.24) is 0 Å². The molecule has 0 saturated carbocycles. The molecular weight excluding hydrogens is 332 g/mol. The van der Waals surface area contributed by atoms with E-state index in [9.17, 15) is 0 Å². The van der Waals surface area contributed by atoms with E-state index >= 15 is 0 Å². The third-order valence-corrected chi connectivity index (χ3v) is 4.81. The van der Waals surface area contributed by atoms with Gasteiger partial charge in [0.2, 0.25) is 0 Å². The number of rotatable bonds is 4. The van der Waals surface area contributed by atoms with Gasteiger partial charge < -0.3 is 4.90 Å². The predicted octanol–water partition coefficient (Wildman–Crippen LogP) is 5.36. The molecule has 0 aliphatic heterocycles. The van der Waals surface area contributed by atoms with Crippen molar-refractivity contribution >= 4 is 38.8 Å². The molecule has 104 valence electrons. The maximum atomic E-state index is 8.42. The molecule has 0 saturated heterocycles. The normalized spacial score (nSPS) is 10.3. The number of anilines is 1. The molecule has 20 heavy (non-hydrogen) atoms. The van der Waals surface area contributed by atoms with Gasteiger partial charge in [-0.1, -0.05) is 29.4 Å². The summed E-state index contributed by atoms with van der Waals surface area (Å²) < 4.78 is 1.04. The first-order chi connectivity index (χ1) is 9.56. The van der Waals surface area contributed by atoms with E-state index in [1.165, 1.54) is 4.88 Å². The van der Waals surface area contributed by atoms with Crippen molar-refractivity contribution in [3.8, 4) is 0 Å². The molecule has 4 heteroatoms. The molecule has 0 aliphatic rings. The van der Waals surface area contributed by atoms with Crippen LogP contribution in [0, 0.1) is 12.3 Å². The summed E-state index contributed by atoms with van der Waals surface area (Å²) in [5.74, 6) is 0.468. The first-order valence-corrected chi connectivity index (χ1v) is 8.03. The molecule has 2 rings (SSSR count). The summed E-state index contributed by atoms with van der Waals surface area (Å²) >= 11 is 5.13. The van der Waals surface area contributed by atoms with Gasteiger partial charge in [0.05, 0.1) is 4.88 Å². The molecule has 0 radical (unpaired) electrons. The lowest BCUT2D eigenvalue weighted by Gasteiger charge is -2.22. The SMILES string of the molecule is C=CN(C(=N)c1ccc(CC)s1)c1ccc(Br)cc1C. The van der Waals surface area contributed by atoms with Crippen LogP contribution in [0.1, 0.15) is 22.2 Å². The standard InChI is InChI=1S/C16H17BrN2S/c1-4-13-7-9-15(20-13)16(18)19(5-2)14-8-6-12(17)10-11(14)3/h5-10,18H,2,4H2,1,3H3. The van der Waals surface area contributed by atoms with Crippen molar-refractivity contribution in [1.29, 1.82) is 5.41 Å². The van der Waals surface area contributed by atoms with Gasteiger partial charge in [-0.3, -0.25) is 5.41 Å². The number of amidine groups is 1. The summed E-state index contributed by atoms with van der Waals surface area (Å²) in [6.07, 6.45) is 2.70. The van der Waals surface area contributed by atoms with Gasteiger partial charge >= 0.3 is 0 Å². The highest BCUT2D eigenvalue weighted by molar-refractivity contribution is 9.10. The molecule has 0 fully saturated rings. The Balaban J connectivity index is 2.36. The van der Waals surface area contributed by atoms with Crippen LogP contribution in [0.25, 0.3) is 0 Å². The number of hydrogen-bond acceptors (Lipinski definition) is 2. The topological polar surface area (TPSA) is 27.1 Å². The largest absolute Gasteiger partial charge is 0.301 e. The number of nitrogens with one attached hydrogen (secondary N) is 1. The molecule has 0 bridgehead atoms. The zero-order valence-corrected chi connectivity index (χ0v) is 14.0. The Hall–Kier alpha value is -1.39. The Labute approximate surface area is 132 Å². The summed E-state index contributed by atoms with van der Waals surface area (Å²) in [4.78, 5) is 4.08. The molecule has 2 nitrogen and oxygen atoms in total. The number of hydrogen-bond donors (Lipinski definition) is 1. The third-order valence-electron chi connectivity index (χ3n) is 3.09. The van der Waals surface area contributed by atoms with Gasteiger partial charge in [0.25, 0.3) is 0 Å². The Morgan fingerprint density at radius 1 is 1.40 bits per heavy atom. The Kier molecular flexibility index (Phi) is 4.78.